The lowest BCUT2D eigenvalue weighted by Gasteiger charge is -2.10. The molecule has 3 nitrogen and oxygen atoms in total. The van der Waals surface area contributed by atoms with E-state index >= 15 is 0 Å². The maximum absolute atomic E-state index is 11.7. The Kier molecular flexibility index (Phi) is 2.95. The molecule has 3 heteroatoms. The summed E-state index contributed by atoms with van der Waals surface area (Å²) in [6, 6.07) is 7.91. The third kappa shape index (κ3) is 1.69. The van der Waals surface area contributed by atoms with Gasteiger partial charge in [0, 0.05) is 0 Å². The van der Waals surface area contributed by atoms with Gasteiger partial charge in [-0.05, 0) is 23.1 Å². The molecular formula is C13H14O3. The number of carbonyl (C=O) groups is 1. The molecule has 1 unspecified atom stereocenters. The van der Waals surface area contributed by atoms with Gasteiger partial charge in [0.2, 0.25) is 0 Å². The molecule has 1 atom stereocenters. The van der Waals surface area contributed by atoms with Crippen LogP contribution in [0.5, 0.6) is 0 Å². The van der Waals surface area contributed by atoms with Crippen molar-refractivity contribution in [3.63, 3.8) is 0 Å². The summed E-state index contributed by atoms with van der Waals surface area (Å²) in [5.41, 5.74) is 3.15. The summed E-state index contributed by atoms with van der Waals surface area (Å²) in [4.78, 5) is 11.7. The van der Waals surface area contributed by atoms with E-state index in [1.807, 2.05) is 24.3 Å². The van der Waals surface area contributed by atoms with Crippen LogP contribution < -0.4 is 0 Å². The van der Waals surface area contributed by atoms with Crippen molar-refractivity contribution in [2.24, 2.45) is 0 Å². The van der Waals surface area contributed by atoms with Crippen LogP contribution in [0, 0.1) is 0 Å². The van der Waals surface area contributed by atoms with E-state index in [4.69, 9.17) is 9.47 Å². The molecule has 2 rings (SSSR count). The zero-order valence-electron chi connectivity index (χ0n) is 9.40. The summed E-state index contributed by atoms with van der Waals surface area (Å²) in [6.45, 7) is 0. The Labute approximate surface area is 94.7 Å². The average Bonchev–Trinajstić information content (AvgIpc) is 2.66. The summed E-state index contributed by atoms with van der Waals surface area (Å²) in [6.07, 6.45) is 2.39. The second kappa shape index (κ2) is 4.39. The lowest BCUT2D eigenvalue weighted by atomic mass is 9.99. The first-order valence-electron chi connectivity index (χ1n) is 5.15. The van der Waals surface area contributed by atoms with E-state index in [0.29, 0.717) is 0 Å². The Bertz CT molecular complexity index is 435. The Morgan fingerprint density at radius 1 is 1.38 bits per heavy atom. The summed E-state index contributed by atoms with van der Waals surface area (Å²) < 4.78 is 9.84. The third-order valence-electron chi connectivity index (χ3n) is 2.84. The molecule has 1 aromatic carbocycles. The Hall–Kier alpha value is -1.77. The predicted octanol–water partition coefficient (Wildman–Crippen LogP) is 2.03. The zero-order chi connectivity index (χ0) is 11.5. The van der Waals surface area contributed by atoms with Crippen LogP contribution in [-0.4, -0.2) is 20.2 Å². The highest BCUT2D eigenvalue weighted by Crippen LogP contribution is 2.38. The number of ether oxygens (including phenoxy) is 2. The molecule has 0 heterocycles. The molecule has 0 saturated heterocycles. The number of methoxy groups -OCH3 is 2. The van der Waals surface area contributed by atoms with Crippen molar-refractivity contribution in [3.05, 3.63) is 47.2 Å². The molecule has 0 amide bonds. The van der Waals surface area contributed by atoms with Crippen molar-refractivity contribution >= 4 is 5.97 Å². The molecule has 0 saturated carbocycles. The van der Waals surface area contributed by atoms with Crippen molar-refractivity contribution < 1.29 is 14.3 Å². The minimum absolute atomic E-state index is 0.228. The second-order valence-corrected chi connectivity index (χ2v) is 3.76. The van der Waals surface area contributed by atoms with E-state index in [1.54, 1.807) is 13.4 Å². The monoisotopic (exact) mass is 218 g/mol. The summed E-state index contributed by atoms with van der Waals surface area (Å²) in [5, 5.41) is 0. The van der Waals surface area contributed by atoms with E-state index in [0.717, 1.165) is 17.6 Å². The van der Waals surface area contributed by atoms with Crippen molar-refractivity contribution in [2.75, 3.05) is 14.2 Å². The molecular weight excluding hydrogens is 204 g/mol. The van der Waals surface area contributed by atoms with Gasteiger partial charge in [-0.25, -0.2) is 0 Å². The fraction of sp³-hybridized carbons (Fsp3) is 0.308. The lowest BCUT2D eigenvalue weighted by molar-refractivity contribution is -0.141. The normalized spacial score (nSPS) is 20.6. The van der Waals surface area contributed by atoms with Crippen molar-refractivity contribution in [2.45, 2.75) is 12.3 Å². The van der Waals surface area contributed by atoms with E-state index in [-0.39, 0.29) is 11.9 Å². The molecule has 1 aliphatic carbocycles. The molecule has 0 spiro atoms. The van der Waals surface area contributed by atoms with Gasteiger partial charge in [0.25, 0.3) is 0 Å². The van der Waals surface area contributed by atoms with E-state index in [2.05, 4.69) is 0 Å². The van der Waals surface area contributed by atoms with Gasteiger partial charge in [-0.3, -0.25) is 4.79 Å². The summed E-state index contributed by atoms with van der Waals surface area (Å²) >= 11 is 0. The highest BCUT2D eigenvalue weighted by Gasteiger charge is 2.33. The number of rotatable bonds is 2. The zero-order valence-corrected chi connectivity index (χ0v) is 9.40. The van der Waals surface area contributed by atoms with Gasteiger partial charge in [0.05, 0.1) is 20.5 Å². The van der Waals surface area contributed by atoms with Crippen molar-refractivity contribution in [1.29, 1.82) is 0 Å². The molecule has 1 aromatic rings. The molecule has 0 radical (unpaired) electrons. The molecule has 0 bridgehead atoms. The topological polar surface area (TPSA) is 35.5 Å². The highest BCUT2D eigenvalue weighted by molar-refractivity contribution is 5.84. The molecule has 0 fully saturated rings. The van der Waals surface area contributed by atoms with E-state index < -0.39 is 0 Å². The molecule has 0 aliphatic heterocycles. The van der Waals surface area contributed by atoms with Crippen LogP contribution >= 0.6 is 0 Å². The maximum atomic E-state index is 11.7. The second-order valence-electron chi connectivity index (χ2n) is 3.76. The first-order chi connectivity index (χ1) is 7.77. The Balaban J connectivity index is 2.44. The largest absolute Gasteiger partial charge is 0.504 e. The molecule has 0 N–H and O–H groups in total. The van der Waals surface area contributed by atoms with Gasteiger partial charge in [-0.2, -0.15) is 0 Å². The number of hydrogen-bond acceptors (Lipinski definition) is 3. The molecule has 84 valence electrons. The number of hydrogen-bond donors (Lipinski definition) is 0. The maximum Gasteiger partial charge on any atom is 0.317 e. The van der Waals surface area contributed by atoms with Crippen LogP contribution in [0.25, 0.3) is 0 Å². The molecule has 1 aliphatic rings. The SMILES string of the molecule is COC=C1Cc2ccccc2C1C(=O)OC. The minimum Gasteiger partial charge on any atom is -0.504 e. The van der Waals surface area contributed by atoms with Crippen LogP contribution in [0.2, 0.25) is 0 Å². The number of esters is 1. The number of fused-ring (bicyclic) bond motifs is 1. The smallest absolute Gasteiger partial charge is 0.317 e. The van der Waals surface area contributed by atoms with Gasteiger partial charge < -0.3 is 9.47 Å². The van der Waals surface area contributed by atoms with Gasteiger partial charge in [0.1, 0.15) is 5.92 Å². The van der Waals surface area contributed by atoms with Gasteiger partial charge in [-0.15, -0.1) is 0 Å². The Morgan fingerprint density at radius 2 is 2.12 bits per heavy atom. The van der Waals surface area contributed by atoms with Gasteiger partial charge in [0.15, 0.2) is 0 Å². The summed E-state index contributed by atoms with van der Waals surface area (Å²) in [7, 11) is 3.00. The van der Waals surface area contributed by atoms with Crippen LogP contribution in [-0.2, 0) is 20.7 Å². The Morgan fingerprint density at radius 3 is 2.81 bits per heavy atom. The molecule has 16 heavy (non-hydrogen) atoms. The van der Waals surface area contributed by atoms with Crippen molar-refractivity contribution in [3.8, 4) is 0 Å². The molecule has 0 aromatic heterocycles. The minimum atomic E-state index is -0.304. The van der Waals surface area contributed by atoms with Crippen molar-refractivity contribution in [1.82, 2.24) is 0 Å². The predicted molar refractivity (Wildman–Crippen MR) is 60.0 cm³/mol. The van der Waals surface area contributed by atoms with Crippen LogP contribution in [0.3, 0.4) is 0 Å². The fourth-order valence-electron chi connectivity index (χ4n) is 2.16. The quantitative estimate of drug-likeness (QED) is 0.563. The van der Waals surface area contributed by atoms with Gasteiger partial charge >= 0.3 is 5.97 Å². The summed E-state index contributed by atoms with van der Waals surface area (Å²) in [5.74, 6) is -0.533. The van der Waals surface area contributed by atoms with Crippen LogP contribution in [0.4, 0.5) is 0 Å². The van der Waals surface area contributed by atoms with Crippen LogP contribution in [0.1, 0.15) is 17.0 Å². The highest BCUT2D eigenvalue weighted by atomic mass is 16.5. The van der Waals surface area contributed by atoms with Crippen LogP contribution in [0.15, 0.2) is 36.1 Å². The van der Waals surface area contributed by atoms with E-state index in [1.165, 1.54) is 12.7 Å². The number of benzene rings is 1. The lowest BCUT2D eigenvalue weighted by Crippen LogP contribution is -2.13. The first-order valence-corrected chi connectivity index (χ1v) is 5.15. The van der Waals surface area contributed by atoms with Gasteiger partial charge in [-0.1, -0.05) is 24.3 Å². The third-order valence-corrected chi connectivity index (χ3v) is 2.84. The standard InChI is InChI=1S/C13H14O3/c1-15-8-10-7-9-5-3-4-6-11(9)12(10)13(14)16-2/h3-6,8,12H,7H2,1-2H3. The number of carbonyl (C=O) groups excluding carboxylic acids is 1. The van der Waals surface area contributed by atoms with E-state index in [9.17, 15) is 4.79 Å². The first kappa shape index (κ1) is 10.7. The fourth-order valence-corrected chi connectivity index (χ4v) is 2.16. The average molecular weight is 218 g/mol.